The van der Waals surface area contributed by atoms with Gasteiger partial charge in [0.15, 0.2) is 11.5 Å². The Morgan fingerprint density at radius 2 is 1.93 bits per heavy atom. The van der Waals surface area contributed by atoms with Crippen LogP contribution in [0.25, 0.3) is 11.0 Å². The van der Waals surface area contributed by atoms with E-state index in [9.17, 15) is 9.90 Å². The molecule has 0 atom stereocenters. The van der Waals surface area contributed by atoms with E-state index in [4.69, 9.17) is 13.9 Å². The van der Waals surface area contributed by atoms with Crippen LogP contribution in [0.3, 0.4) is 0 Å². The molecule has 1 aliphatic rings. The van der Waals surface area contributed by atoms with Crippen molar-refractivity contribution in [3.63, 3.8) is 0 Å². The summed E-state index contributed by atoms with van der Waals surface area (Å²) >= 11 is 3.56. The summed E-state index contributed by atoms with van der Waals surface area (Å²) in [6, 6.07) is 0. The third kappa shape index (κ3) is 4.10. The molecule has 28 heavy (non-hydrogen) atoms. The Morgan fingerprint density at radius 1 is 1.29 bits per heavy atom. The first-order valence-electron chi connectivity index (χ1n) is 8.97. The molecule has 0 spiro atoms. The average molecular weight is 478 g/mol. The second-order valence-electron chi connectivity index (χ2n) is 6.71. The van der Waals surface area contributed by atoms with Gasteiger partial charge in [0.25, 0.3) is 0 Å². The molecule has 0 aliphatic carbocycles. The fourth-order valence-corrected chi connectivity index (χ4v) is 4.10. The molecule has 2 heterocycles. The van der Waals surface area contributed by atoms with E-state index in [2.05, 4.69) is 32.8 Å². The number of furan rings is 1. The number of phenolic OH excluding ortho intramolecular Hbond substituents is 1. The largest absolute Gasteiger partial charge is 0.504 e. The van der Waals surface area contributed by atoms with Gasteiger partial charge in [-0.1, -0.05) is 0 Å². The van der Waals surface area contributed by atoms with Gasteiger partial charge in [-0.25, -0.2) is 4.79 Å². The SMILES string of the molecule is CCOC(=O)c1c(C)oc2c(CN3CCN(C)CC3)c(Br)c(OC)c(O)c12.Cl. The molecule has 9 heteroatoms. The van der Waals surface area contributed by atoms with Gasteiger partial charge >= 0.3 is 5.97 Å². The van der Waals surface area contributed by atoms with Crippen molar-refractivity contribution < 1.29 is 23.8 Å². The standard InChI is InChI=1S/C19H25BrN2O5.ClH/c1-5-26-19(24)13-11(2)27-17-12(10-22-8-6-21(3)7-9-22)15(20)18(25-4)16(23)14(13)17;/h23H,5-10H2,1-4H3;1H. The summed E-state index contributed by atoms with van der Waals surface area (Å²) in [6.45, 7) is 8.14. The van der Waals surface area contributed by atoms with Gasteiger partial charge in [-0.3, -0.25) is 4.90 Å². The molecule has 3 rings (SSSR count). The minimum atomic E-state index is -0.515. The number of ether oxygens (including phenoxy) is 2. The first kappa shape index (κ1) is 22.8. The molecule has 156 valence electrons. The number of carbonyl (C=O) groups excluding carboxylic acids is 1. The predicted octanol–water partition coefficient (Wildman–Crippen LogP) is 3.56. The lowest BCUT2D eigenvalue weighted by Crippen LogP contribution is -2.43. The van der Waals surface area contributed by atoms with Crippen molar-refractivity contribution in [2.24, 2.45) is 0 Å². The first-order chi connectivity index (χ1) is 12.9. The number of esters is 1. The topological polar surface area (TPSA) is 75.4 Å². The van der Waals surface area contributed by atoms with E-state index >= 15 is 0 Å². The summed E-state index contributed by atoms with van der Waals surface area (Å²) in [5.74, 6) is 0.0666. The molecule has 1 aliphatic heterocycles. The van der Waals surface area contributed by atoms with Gasteiger partial charge in [-0.05, 0) is 36.8 Å². The molecule has 2 aromatic rings. The van der Waals surface area contributed by atoms with Gasteiger partial charge in [0, 0.05) is 38.3 Å². The molecule has 0 amide bonds. The summed E-state index contributed by atoms with van der Waals surface area (Å²) in [5, 5.41) is 11.1. The zero-order chi connectivity index (χ0) is 19.7. The predicted molar refractivity (Wildman–Crippen MR) is 113 cm³/mol. The van der Waals surface area contributed by atoms with Crippen LogP contribution >= 0.6 is 28.3 Å². The van der Waals surface area contributed by atoms with Gasteiger partial charge in [0.1, 0.15) is 16.9 Å². The van der Waals surface area contributed by atoms with Crippen LogP contribution in [-0.4, -0.2) is 67.8 Å². The van der Waals surface area contributed by atoms with Crippen LogP contribution in [0.1, 0.15) is 28.6 Å². The fourth-order valence-electron chi connectivity index (χ4n) is 3.44. The van der Waals surface area contributed by atoms with Gasteiger partial charge in [-0.15, -0.1) is 12.4 Å². The number of rotatable bonds is 5. The Morgan fingerprint density at radius 3 is 2.50 bits per heavy atom. The quantitative estimate of drug-likeness (QED) is 0.660. The highest BCUT2D eigenvalue weighted by Crippen LogP contribution is 2.47. The van der Waals surface area contributed by atoms with Crippen molar-refractivity contribution in [2.75, 3.05) is 46.9 Å². The van der Waals surface area contributed by atoms with Crippen LogP contribution in [0, 0.1) is 6.92 Å². The number of likely N-dealkylation sites (N-methyl/N-ethyl adjacent to an activating group) is 1. The monoisotopic (exact) mass is 476 g/mol. The Bertz CT molecular complexity index is 862. The summed E-state index contributed by atoms with van der Waals surface area (Å²) in [7, 11) is 3.60. The number of benzene rings is 1. The van der Waals surface area contributed by atoms with Crippen LogP contribution in [0.15, 0.2) is 8.89 Å². The zero-order valence-electron chi connectivity index (χ0n) is 16.5. The van der Waals surface area contributed by atoms with E-state index in [1.165, 1.54) is 7.11 Å². The Labute approximate surface area is 179 Å². The molecular weight excluding hydrogens is 452 g/mol. The maximum absolute atomic E-state index is 12.5. The number of phenols is 1. The Kier molecular flexibility index (Phi) is 7.61. The minimum absolute atomic E-state index is 0. The van der Waals surface area contributed by atoms with E-state index in [-0.39, 0.29) is 36.1 Å². The van der Waals surface area contributed by atoms with Crippen molar-refractivity contribution in [3.8, 4) is 11.5 Å². The third-order valence-electron chi connectivity index (χ3n) is 4.94. The number of halogens is 2. The number of hydrogen-bond acceptors (Lipinski definition) is 7. The molecular formula is C19H26BrClN2O5. The molecule has 1 aromatic heterocycles. The lowest BCUT2D eigenvalue weighted by Gasteiger charge is -2.32. The summed E-state index contributed by atoms with van der Waals surface area (Å²) in [6.07, 6.45) is 0. The average Bonchev–Trinajstić information content (AvgIpc) is 2.98. The molecule has 0 radical (unpaired) electrons. The zero-order valence-corrected chi connectivity index (χ0v) is 18.9. The Hall–Kier alpha value is -1.48. The van der Waals surface area contributed by atoms with Crippen molar-refractivity contribution in [3.05, 3.63) is 21.4 Å². The lowest BCUT2D eigenvalue weighted by atomic mass is 10.0. The molecule has 7 nitrogen and oxygen atoms in total. The number of carbonyl (C=O) groups is 1. The number of piperazine rings is 1. The van der Waals surface area contributed by atoms with Crippen molar-refractivity contribution in [2.45, 2.75) is 20.4 Å². The minimum Gasteiger partial charge on any atom is -0.504 e. The lowest BCUT2D eigenvalue weighted by molar-refractivity contribution is 0.0526. The second kappa shape index (κ2) is 9.35. The van der Waals surface area contributed by atoms with E-state index < -0.39 is 5.97 Å². The third-order valence-corrected chi connectivity index (χ3v) is 5.77. The number of methoxy groups -OCH3 is 1. The smallest absolute Gasteiger partial charge is 0.342 e. The van der Waals surface area contributed by atoms with E-state index in [0.29, 0.717) is 27.7 Å². The molecule has 0 bridgehead atoms. The van der Waals surface area contributed by atoms with Crippen LogP contribution in [0.5, 0.6) is 11.5 Å². The summed E-state index contributed by atoms with van der Waals surface area (Å²) in [5.41, 5.74) is 1.58. The highest BCUT2D eigenvalue weighted by Gasteiger charge is 2.30. The van der Waals surface area contributed by atoms with E-state index in [1.54, 1.807) is 13.8 Å². The molecule has 1 N–H and O–H groups in total. The number of hydrogen-bond donors (Lipinski definition) is 1. The van der Waals surface area contributed by atoms with Gasteiger partial charge in [0.2, 0.25) is 0 Å². The van der Waals surface area contributed by atoms with Crippen molar-refractivity contribution >= 4 is 45.3 Å². The van der Waals surface area contributed by atoms with E-state index in [1.807, 2.05) is 0 Å². The molecule has 0 saturated carbocycles. The number of nitrogens with zero attached hydrogens (tertiary/aromatic N) is 2. The van der Waals surface area contributed by atoms with Crippen LogP contribution in [0.2, 0.25) is 0 Å². The van der Waals surface area contributed by atoms with Gasteiger partial charge in [0.05, 0.1) is 23.6 Å². The highest BCUT2D eigenvalue weighted by atomic mass is 79.9. The molecule has 0 unspecified atom stereocenters. The Balaban J connectivity index is 0.00000280. The normalized spacial score (nSPS) is 15.5. The van der Waals surface area contributed by atoms with Crippen LogP contribution in [-0.2, 0) is 11.3 Å². The van der Waals surface area contributed by atoms with E-state index in [0.717, 1.165) is 31.7 Å². The van der Waals surface area contributed by atoms with Gasteiger partial charge < -0.3 is 23.9 Å². The summed E-state index contributed by atoms with van der Waals surface area (Å²) in [4.78, 5) is 17.1. The van der Waals surface area contributed by atoms with Crippen molar-refractivity contribution in [1.82, 2.24) is 9.80 Å². The molecule has 1 aromatic carbocycles. The van der Waals surface area contributed by atoms with Crippen LogP contribution < -0.4 is 4.74 Å². The molecule has 1 saturated heterocycles. The number of fused-ring (bicyclic) bond motifs is 1. The maximum Gasteiger partial charge on any atom is 0.342 e. The first-order valence-corrected chi connectivity index (χ1v) is 9.76. The fraction of sp³-hybridized carbons (Fsp3) is 0.526. The van der Waals surface area contributed by atoms with Crippen molar-refractivity contribution in [1.29, 1.82) is 0 Å². The van der Waals surface area contributed by atoms with Crippen LogP contribution in [0.4, 0.5) is 0 Å². The second-order valence-corrected chi connectivity index (χ2v) is 7.50. The molecule has 1 fully saturated rings. The summed E-state index contributed by atoms with van der Waals surface area (Å²) < 4.78 is 17.1. The number of aryl methyl sites for hydroxylation is 1. The number of aromatic hydroxyl groups is 1. The maximum atomic E-state index is 12.5. The highest BCUT2D eigenvalue weighted by molar-refractivity contribution is 9.10. The van der Waals surface area contributed by atoms with Gasteiger partial charge in [-0.2, -0.15) is 0 Å².